The average Bonchev–Trinajstić information content (AvgIpc) is 2.71. The van der Waals surface area contributed by atoms with Crippen molar-refractivity contribution >= 4 is 35.9 Å². The molecule has 1 aromatic carbocycles. The summed E-state index contributed by atoms with van der Waals surface area (Å²) < 4.78 is 5.20. The van der Waals surface area contributed by atoms with Crippen LogP contribution in [0.2, 0.25) is 0 Å². The second-order valence-corrected chi connectivity index (χ2v) is 7.31. The zero-order valence-electron chi connectivity index (χ0n) is 17.0. The maximum absolute atomic E-state index is 12.1. The first-order valence-electron chi connectivity index (χ1n) is 10.1. The fourth-order valence-corrected chi connectivity index (χ4v) is 4.03. The molecule has 2 heterocycles. The first kappa shape index (κ1) is 22.9. The van der Waals surface area contributed by atoms with E-state index < -0.39 is 0 Å². The Bertz CT molecular complexity index is 668. The minimum absolute atomic E-state index is 0. The number of guanidine groups is 1. The van der Waals surface area contributed by atoms with E-state index in [1.54, 1.807) is 0 Å². The summed E-state index contributed by atoms with van der Waals surface area (Å²) in [6.45, 7) is 7.90. The maximum Gasteiger partial charge on any atom is 0.310 e. The molecule has 28 heavy (non-hydrogen) atoms. The van der Waals surface area contributed by atoms with Gasteiger partial charge in [-0.1, -0.05) is 24.3 Å². The van der Waals surface area contributed by atoms with Crippen molar-refractivity contribution in [3.8, 4) is 0 Å². The number of ether oxygens (including phenoxy) is 1. The number of nitrogens with one attached hydrogen (secondary N) is 1. The minimum Gasteiger partial charge on any atom is -0.466 e. The summed E-state index contributed by atoms with van der Waals surface area (Å²) in [5.74, 6) is 0.766. The Morgan fingerprint density at radius 1 is 1.29 bits per heavy atom. The normalized spacial score (nSPS) is 20.1. The van der Waals surface area contributed by atoms with E-state index in [1.165, 1.54) is 11.1 Å². The number of rotatable bonds is 5. The molecule has 1 fully saturated rings. The lowest BCUT2D eigenvalue weighted by Crippen LogP contribution is -2.49. The van der Waals surface area contributed by atoms with Crippen molar-refractivity contribution in [1.82, 2.24) is 15.1 Å². The third kappa shape index (κ3) is 6.07. The molecule has 1 saturated heterocycles. The quantitative estimate of drug-likeness (QED) is 0.292. The largest absolute Gasteiger partial charge is 0.466 e. The van der Waals surface area contributed by atoms with Gasteiger partial charge in [0.15, 0.2) is 5.96 Å². The molecular weight excluding hydrogens is 467 g/mol. The van der Waals surface area contributed by atoms with E-state index in [0.717, 1.165) is 57.9 Å². The predicted octanol–water partition coefficient (Wildman–Crippen LogP) is 2.51. The second-order valence-electron chi connectivity index (χ2n) is 7.31. The minimum atomic E-state index is -0.0790. The summed E-state index contributed by atoms with van der Waals surface area (Å²) in [6.07, 6.45) is 3.02. The van der Waals surface area contributed by atoms with Crippen LogP contribution in [0.5, 0.6) is 0 Å². The molecule has 2 aliphatic heterocycles. The van der Waals surface area contributed by atoms with E-state index in [1.807, 2.05) is 14.0 Å². The van der Waals surface area contributed by atoms with E-state index in [9.17, 15) is 4.79 Å². The molecule has 1 N–H and O–H groups in total. The van der Waals surface area contributed by atoms with Gasteiger partial charge < -0.3 is 15.0 Å². The van der Waals surface area contributed by atoms with Crippen LogP contribution in [0.3, 0.4) is 0 Å². The van der Waals surface area contributed by atoms with Gasteiger partial charge in [-0.3, -0.25) is 14.7 Å². The van der Waals surface area contributed by atoms with Crippen LogP contribution >= 0.6 is 24.0 Å². The van der Waals surface area contributed by atoms with Crippen LogP contribution in [0.25, 0.3) is 0 Å². The maximum atomic E-state index is 12.1. The number of aliphatic imine (C=N–C) groups is 1. The number of nitrogens with zero attached hydrogens (tertiary/aromatic N) is 3. The molecule has 0 saturated carbocycles. The molecule has 0 amide bonds. The predicted molar refractivity (Wildman–Crippen MR) is 123 cm³/mol. The van der Waals surface area contributed by atoms with Gasteiger partial charge in [-0.2, -0.15) is 0 Å². The van der Waals surface area contributed by atoms with Crippen LogP contribution in [0.1, 0.15) is 30.9 Å². The zero-order valence-corrected chi connectivity index (χ0v) is 19.4. The summed E-state index contributed by atoms with van der Waals surface area (Å²) in [4.78, 5) is 21.2. The highest BCUT2D eigenvalue weighted by molar-refractivity contribution is 14.0. The number of carbonyl (C=O) groups excluding carboxylic acids is 1. The zero-order chi connectivity index (χ0) is 19.1. The van der Waals surface area contributed by atoms with E-state index in [-0.39, 0.29) is 35.9 Å². The topological polar surface area (TPSA) is 57.2 Å². The average molecular weight is 500 g/mol. The first-order valence-corrected chi connectivity index (χ1v) is 10.1. The number of hydrogen-bond acceptors (Lipinski definition) is 4. The molecule has 0 spiro atoms. The van der Waals surface area contributed by atoms with Gasteiger partial charge in [0, 0.05) is 46.3 Å². The molecule has 2 aliphatic rings. The smallest absolute Gasteiger partial charge is 0.310 e. The monoisotopic (exact) mass is 500 g/mol. The Labute approximate surface area is 185 Å². The van der Waals surface area contributed by atoms with Gasteiger partial charge in [0.2, 0.25) is 0 Å². The SMILES string of the molecule is CCOC(=O)C1CCCN(C(=NC)NCCN2CCc3ccccc3C2)C1.I. The van der Waals surface area contributed by atoms with Gasteiger partial charge in [-0.25, -0.2) is 0 Å². The third-order valence-corrected chi connectivity index (χ3v) is 5.47. The van der Waals surface area contributed by atoms with Crippen LogP contribution in [0.4, 0.5) is 0 Å². The molecule has 0 radical (unpaired) electrons. The van der Waals surface area contributed by atoms with E-state index >= 15 is 0 Å². The lowest BCUT2D eigenvalue weighted by Gasteiger charge is -2.34. The molecule has 6 nitrogen and oxygen atoms in total. The van der Waals surface area contributed by atoms with Crippen LogP contribution in [-0.4, -0.2) is 68.1 Å². The number of esters is 1. The molecule has 1 unspecified atom stereocenters. The Morgan fingerprint density at radius 2 is 2.07 bits per heavy atom. The Morgan fingerprint density at radius 3 is 2.82 bits per heavy atom. The summed E-state index contributed by atoms with van der Waals surface area (Å²) in [5.41, 5.74) is 2.93. The van der Waals surface area contributed by atoms with Crippen LogP contribution in [0, 0.1) is 5.92 Å². The van der Waals surface area contributed by atoms with Gasteiger partial charge in [0.1, 0.15) is 0 Å². The molecule has 0 aliphatic carbocycles. The third-order valence-electron chi connectivity index (χ3n) is 5.47. The molecule has 0 aromatic heterocycles. The van der Waals surface area contributed by atoms with Crippen LogP contribution in [0.15, 0.2) is 29.3 Å². The van der Waals surface area contributed by atoms with Gasteiger partial charge in [-0.05, 0) is 37.3 Å². The molecule has 0 bridgehead atoms. The summed E-state index contributed by atoms with van der Waals surface area (Å²) >= 11 is 0. The van der Waals surface area contributed by atoms with Crippen molar-refractivity contribution in [3.63, 3.8) is 0 Å². The molecule has 1 atom stereocenters. The Kier molecular flexibility index (Phi) is 9.50. The summed E-state index contributed by atoms with van der Waals surface area (Å²) in [6, 6.07) is 8.72. The Balaban J connectivity index is 0.00000280. The molecule has 1 aromatic rings. The van der Waals surface area contributed by atoms with E-state index in [0.29, 0.717) is 13.2 Å². The lowest BCUT2D eigenvalue weighted by molar-refractivity contribution is -0.149. The molecule has 156 valence electrons. The fourth-order valence-electron chi connectivity index (χ4n) is 4.03. The van der Waals surface area contributed by atoms with Crippen LogP contribution in [-0.2, 0) is 22.5 Å². The number of fused-ring (bicyclic) bond motifs is 1. The number of piperidine rings is 1. The number of hydrogen-bond donors (Lipinski definition) is 1. The fraction of sp³-hybridized carbons (Fsp3) is 0.619. The van der Waals surface area contributed by atoms with Crippen molar-refractivity contribution in [2.75, 3.05) is 46.4 Å². The van der Waals surface area contributed by atoms with Gasteiger partial charge >= 0.3 is 5.97 Å². The van der Waals surface area contributed by atoms with Crippen molar-refractivity contribution in [1.29, 1.82) is 0 Å². The standard InChI is InChI=1S/C21H32N4O2.HI/c1-3-27-20(26)19-9-6-12-25(16-19)21(22-2)23-11-14-24-13-10-17-7-4-5-8-18(17)15-24;/h4-5,7-8,19H,3,6,9-16H2,1-2H3,(H,22,23);1H. The highest BCUT2D eigenvalue weighted by Gasteiger charge is 2.28. The van der Waals surface area contributed by atoms with E-state index in [4.69, 9.17) is 4.74 Å². The number of halogens is 1. The molecular formula is C21H33IN4O2. The van der Waals surface area contributed by atoms with Crippen molar-refractivity contribution in [2.45, 2.75) is 32.7 Å². The van der Waals surface area contributed by atoms with Gasteiger partial charge in [0.05, 0.1) is 12.5 Å². The van der Waals surface area contributed by atoms with Crippen molar-refractivity contribution in [2.24, 2.45) is 10.9 Å². The molecule has 7 heteroatoms. The second kappa shape index (κ2) is 11.6. The lowest BCUT2D eigenvalue weighted by atomic mass is 9.98. The van der Waals surface area contributed by atoms with Crippen LogP contribution < -0.4 is 5.32 Å². The van der Waals surface area contributed by atoms with Gasteiger partial charge in [0.25, 0.3) is 0 Å². The Hall–Kier alpha value is -1.35. The first-order chi connectivity index (χ1) is 13.2. The molecule has 3 rings (SSSR count). The number of carbonyl (C=O) groups is 1. The number of benzene rings is 1. The summed E-state index contributed by atoms with van der Waals surface area (Å²) in [7, 11) is 1.81. The van der Waals surface area contributed by atoms with Crippen molar-refractivity contribution in [3.05, 3.63) is 35.4 Å². The highest BCUT2D eigenvalue weighted by Crippen LogP contribution is 2.19. The highest BCUT2D eigenvalue weighted by atomic mass is 127. The van der Waals surface area contributed by atoms with Crippen molar-refractivity contribution < 1.29 is 9.53 Å². The van der Waals surface area contributed by atoms with E-state index in [2.05, 4.69) is 44.4 Å². The number of likely N-dealkylation sites (tertiary alicyclic amines) is 1. The summed E-state index contributed by atoms with van der Waals surface area (Å²) in [5, 5.41) is 3.48. The van der Waals surface area contributed by atoms with Gasteiger partial charge in [-0.15, -0.1) is 24.0 Å².